The number of hydrogen-bond donors (Lipinski definition) is 0. The molecule has 0 N–H and O–H groups in total. The smallest absolute Gasteiger partial charge is 1.00 e. The van der Waals surface area contributed by atoms with E-state index in [1.807, 2.05) is 0 Å². The van der Waals surface area contributed by atoms with E-state index in [1.54, 1.807) is 0 Å². The minimum atomic E-state index is 0. The molecular formula is C40H44I12N6. The van der Waals surface area contributed by atoms with Gasteiger partial charge in [-0.25, -0.2) is 0 Å². The third-order valence-corrected chi connectivity index (χ3v) is 14.8. The van der Waals surface area contributed by atoms with Crippen molar-refractivity contribution in [1.29, 1.82) is 0 Å². The first-order valence-corrected chi connectivity index (χ1v) is 46.5. The van der Waals surface area contributed by atoms with Crippen LogP contribution >= 0.6 is 202 Å². The van der Waals surface area contributed by atoms with Crippen LogP contribution in [0.1, 0.15) is 66.8 Å². The first-order valence-electron chi connectivity index (χ1n) is 17.0. The van der Waals surface area contributed by atoms with Gasteiger partial charge in [-0.05, 0) is 128 Å². The molecule has 6 nitrogen and oxygen atoms in total. The van der Waals surface area contributed by atoms with Crippen LogP contribution in [0.3, 0.4) is 0 Å². The number of nitrogens with zero attached hydrogens (tertiary/aromatic N) is 6. The second-order valence-electron chi connectivity index (χ2n) is 13.6. The van der Waals surface area contributed by atoms with Crippen LogP contribution in [-0.4, -0.2) is 19.8 Å². The first kappa shape index (κ1) is 59.9. The third kappa shape index (κ3) is 15.5. The summed E-state index contributed by atoms with van der Waals surface area (Å²) in [6.45, 7) is 25.8. The largest absolute Gasteiger partial charge is 1.00 e. The molecular weight excluding hydrogens is 2090 g/mol. The van der Waals surface area contributed by atoms with E-state index in [-0.39, 0.29) is 24.0 Å². The topological polar surface area (TPSA) is 43.4 Å². The summed E-state index contributed by atoms with van der Waals surface area (Å²) >= 11 is 23.4. The van der Waals surface area contributed by atoms with Gasteiger partial charge in [0.05, 0.1) is 0 Å². The van der Waals surface area contributed by atoms with Crippen molar-refractivity contribution in [2.75, 3.05) is 0 Å². The Hall–Kier alpha value is 3.92. The fraction of sp³-hybridized carbons (Fsp3) is 0.300. The summed E-state index contributed by atoms with van der Waals surface area (Å²) in [5.41, 5.74) is 19.8. The Morgan fingerprint density at radius 2 is 0.603 bits per heavy atom. The zero-order valence-electron chi connectivity index (χ0n) is 33.8. The summed E-state index contributed by atoms with van der Waals surface area (Å²) in [5, 5.41) is 9.94. The van der Waals surface area contributed by atoms with E-state index in [2.05, 4.69) is 352 Å². The number of benzene rings is 4. The van der Waals surface area contributed by atoms with E-state index >= 15 is 0 Å². The Balaban J connectivity index is 0.000000495. The van der Waals surface area contributed by atoms with E-state index in [1.165, 1.54) is 89.5 Å². The normalized spacial score (nSPS) is 10.2. The summed E-state index contributed by atoms with van der Waals surface area (Å²) < 4.78 is 12.8. The Morgan fingerprint density at radius 3 is 0.810 bits per heavy atom. The van der Waals surface area contributed by atoms with Crippen LogP contribution in [-0.2, 0) is 0 Å². The first-order chi connectivity index (χ1) is 26.8. The van der Waals surface area contributed by atoms with Gasteiger partial charge in [-0.1, -0.05) is 89.5 Å². The second kappa shape index (κ2) is 29.0. The zero-order chi connectivity index (χ0) is 43.6. The van der Waals surface area contributed by atoms with Crippen molar-refractivity contribution >= 4 is 202 Å². The molecule has 0 amide bonds. The Kier molecular flexibility index (Phi) is 29.9. The molecule has 0 atom stereocenters. The summed E-state index contributed by atoms with van der Waals surface area (Å²) in [4.78, 5) is 0. The summed E-state index contributed by atoms with van der Waals surface area (Å²) in [7, 11) is 0. The average molecular weight is 2130 g/mol. The molecule has 0 bridgehead atoms. The number of aromatic nitrogens is 6. The molecule has 0 saturated heterocycles. The average Bonchev–Trinajstić information content (AvgIpc) is 3.55. The van der Waals surface area contributed by atoms with Crippen LogP contribution < -0.4 is 46.6 Å². The van der Waals surface area contributed by atoms with Crippen LogP contribution in [0.4, 0.5) is 0 Å². The van der Waals surface area contributed by atoms with E-state index in [4.69, 9.17) is 10.4 Å². The van der Waals surface area contributed by atoms with Crippen LogP contribution in [0, 0.1) is 97.9 Å². The fourth-order valence-electron chi connectivity index (χ4n) is 7.28. The predicted octanol–water partition coefficient (Wildman–Crippen LogP) is 9.74. The molecule has 0 unspecified atom stereocenters. The quantitative estimate of drug-likeness (QED) is 0.131. The van der Waals surface area contributed by atoms with Gasteiger partial charge in [0, 0.05) is 165 Å². The Labute approximate surface area is 493 Å². The molecule has 2 heterocycles. The van der Waals surface area contributed by atoms with Gasteiger partial charge in [0.2, 0.25) is 14.8 Å². The maximum absolute atomic E-state index is 4.97. The molecule has 6 aromatic rings. The second-order valence-corrected chi connectivity index (χ2v) is 34.0. The van der Waals surface area contributed by atoms with Gasteiger partial charge in [0.15, 0.2) is 22.7 Å². The van der Waals surface area contributed by atoms with E-state index < -0.39 is 0 Å². The van der Waals surface area contributed by atoms with Crippen molar-refractivity contribution in [3.05, 3.63) is 130 Å². The SMILES string of the molecule is Cc1cc(C)c(-n2n[n+](-c3c(C)cc(C)cc3C)c(I)c2I)c(C)c1.Cc1cc(C)c(-n2n[n+](-c3c(C)cc(C)cc3C)c(I)c2I)c(C)c1.II.II.I[I-]I.[I-]. The monoisotopic (exact) mass is 2130 g/mol. The Bertz CT molecular complexity index is 1930. The van der Waals surface area contributed by atoms with Gasteiger partial charge in [0.1, 0.15) is 10.4 Å². The van der Waals surface area contributed by atoms with Crippen LogP contribution in [0.5, 0.6) is 0 Å². The van der Waals surface area contributed by atoms with Crippen molar-refractivity contribution in [1.82, 2.24) is 19.8 Å². The van der Waals surface area contributed by atoms with Gasteiger partial charge in [-0.2, -0.15) is 0 Å². The molecule has 0 radical (unpaired) electrons. The molecule has 0 aliphatic carbocycles. The number of halogens is 12. The molecule has 4 aromatic carbocycles. The number of aryl methyl sites for hydroxylation is 12. The molecule has 318 valence electrons. The third-order valence-electron chi connectivity index (χ3n) is 8.83. The molecule has 0 spiro atoms. The van der Waals surface area contributed by atoms with E-state index in [0.29, 0.717) is 13.3 Å². The van der Waals surface area contributed by atoms with Crippen LogP contribution in [0.2, 0.25) is 0 Å². The van der Waals surface area contributed by atoms with Gasteiger partial charge in [-0.3, -0.25) is 0 Å². The van der Waals surface area contributed by atoms with Crippen molar-refractivity contribution in [2.24, 2.45) is 0 Å². The van der Waals surface area contributed by atoms with Gasteiger partial charge in [-0.15, -0.1) is 0 Å². The molecule has 0 fully saturated rings. The molecule has 0 saturated carbocycles. The van der Waals surface area contributed by atoms with E-state index in [0.717, 1.165) is 14.8 Å². The van der Waals surface area contributed by atoms with Crippen molar-refractivity contribution in [2.45, 2.75) is 83.1 Å². The number of hydrogen-bond acceptors (Lipinski definition) is 2. The van der Waals surface area contributed by atoms with Gasteiger partial charge in [0.25, 0.3) is 0 Å². The summed E-state index contributed by atoms with van der Waals surface area (Å²) in [5.74, 6) is 0. The van der Waals surface area contributed by atoms with E-state index in [9.17, 15) is 0 Å². The maximum atomic E-state index is 4.97. The standard InChI is InChI=1S/2C20H22I2N3.I3.2I2.HI/c2*1-11-7-13(3)17(14(4)8-11)24-19(21)20(22)25(23-24)18-15(5)9-12(2)10-16(18)6;1-3-2;2*1-2;/h2*7-10H,1-6H3;;;;1H/q2*+1;-1;;;/p-1. The van der Waals surface area contributed by atoms with Crippen LogP contribution in [0.15, 0.2) is 48.5 Å². The fourth-order valence-corrected chi connectivity index (χ4v) is 9.55. The van der Waals surface area contributed by atoms with Gasteiger partial charge >= 0.3 is 50.5 Å². The molecule has 0 aliphatic heterocycles. The molecule has 6 rings (SSSR count). The molecule has 18 heteroatoms. The van der Waals surface area contributed by atoms with Crippen LogP contribution in [0.25, 0.3) is 22.7 Å². The minimum Gasteiger partial charge on any atom is -1.00 e. The predicted molar refractivity (Wildman–Crippen MR) is 322 cm³/mol. The Morgan fingerprint density at radius 1 is 0.414 bits per heavy atom. The summed E-state index contributed by atoms with van der Waals surface area (Å²) in [6.07, 6.45) is 0. The molecule has 0 aliphatic rings. The summed E-state index contributed by atoms with van der Waals surface area (Å²) in [6, 6.07) is 17.8. The number of rotatable bonds is 4. The van der Waals surface area contributed by atoms with Gasteiger partial charge < -0.3 is 24.0 Å². The maximum Gasteiger partial charge on any atom is -1.00 e. The zero-order valence-corrected chi connectivity index (χ0v) is 59.7. The molecule has 2 aromatic heterocycles. The van der Waals surface area contributed by atoms with Crippen molar-refractivity contribution in [3.8, 4) is 22.7 Å². The van der Waals surface area contributed by atoms with Crippen molar-refractivity contribution in [3.63, 3.8) is 0 Å². The minimum absolute atomic E-state index is 0. The molecule has 58 heavy (non-hydrogen) atoms. The van der Waals surface area contributed by atoms with Crippen molar-refractivity contribution < 1.29 is 46.6 Å².